The van der Waals surface area contributed by atoms with Crippen LogP contribution in [0.5, 0.6) is 11.5 Å². The molecular weight excluding hydrogens is 334 g/mol. The lowest BCUT2D eigenvalue weighted by Gasteiger charge is -2.35. The van der Waals surface area contributed by atoms with Crippen molar-refractivity contribution in [3.05, 3.63) is 24.3 Å². The van der Waals surface area contributed by atoms with Gasteiger partial charge in [0.25, 0.3) is 5.91 Å². The van der Waals surface area contributed by atoms with Gasteiger partial charge < -0.3 is 19.1 Å². The van der Waals surface area contributed by atoms with Gasteiger partial charge in [-0.1, -0.05) is 38.3 Å². The molecule has 0 spiro atoms. The minimum absolute atomic E-state index is 0.0786. The third-order valence-electron chi connectivity index (χ3n) is 4.83. The monoisotopic (exact) mass is 363 g/mol. The SMILES string of the molecule is COC(=O)C(C)CN(C(=O)COc1ccccc1OC)C1CCCCC1. The molecule has 1 amide bonds. The molecule has 2 rings (SSSR count). The summed E-state index contributed by atoms with van der Waals surface area (Å²) >= 11 is 0. The zero-order valence-corrected chi connectivity index (χ0v) is 15.9. The summed E-state index contributed by atoms with van der Waals surface area (Å²) in [6.45, 7) is 2.06. The van der Waals surface area contributed by atoms with Crippen molar-refractivity contribution in [1.82, 2.24) is 4.90 Å². The van der Waals surface area contributed by atoms with E-state index in [4.69, 9.17) is 14.2 Å². The molecule has 0 radical (unpaired) electrons. The Balaban J connectivity index is 2.05. The standard InChI is InChI=1S/C20H29NO5/c1-15(20(23)25-3)13-21(16-9-5-4-6-10-16)19(22)14-26-18-12-8-7-11-17(18)24-2/h7-8,11-12,15-16H,4-6,9-10,13-14H2,1-3H3. The first kappa shape index (κ1) is 20.1. The van der Waals surface area contributed by atoms with E-state index in [2.05, 4.69) is 0 Å². The summed E-state index contributed by atoms with van der Waals surface area (Å²) in [5.41, 5.74) is 0. The number of esters is 1. The molecule has 1 aliphatic carbocycles. The highest BCUT2D eigenvalue weighted by Crippen LogP contribution is 2.27. The molecule has 26 heavy (non-hydrogen) atoms. The first-order valence-corrected chi connectivity index (χ1v) is 9.20. The van der Waals surface area contributed by atoms with Gasteiger partial charge in [0.15, 0.2) is 18.1 Å². The molecule has 0 aromatic heterocycles. The number of carbonyl (C=O) groups excluding carboxylic acids is 2. The second-order valence-corrected chi connectivity index (χ2v) is 6.70. The third kappa shape index (κ3) is 5.38. The third-order valence-corrected chi connectivity index (χ3v) is 4.83. The molecule has 1 aliphatic rings. The van der Waals surface area contributed by atoms with Crippen LogP contribution in [0, 0.1) is 5.92 Å². The van der Waals surface area contributed by atoms with Crippen LogP contribution in [-0.4, -0.2) is 50.2 Å². The average Bonchev–Trinajstić information content (AvgIpc) is 2.70. The Kier molecular flexibility index (Phi) is 7.75. The largest absolute Gasteiger partial charge is 0.493 e. The number of nitrogens with zero attached hydrogens (tertiary/aromatic N) is 1. The fraction of sp³-hybridized carbons (Fsp3) is 0.600. The molecule has 6 heteroatoms. The molecule has 1 aromatic rings. The number of amides is 1. The number of hydrogen-bond acceptors (Lipinski definition) is 5. The predicted molar refractivity (Wildman–Crippen MR) is 98.3 cm³/mol. The highest BCUT2D eigenvalue weighted by atomic mass is 16.5. The number of benzene rings is 1. The van der Waals surface area contributed by atoms with Crippen molar-refractivity contribution in [2.45, 2.75) is 45.1 Å². The maximum absolute atomic E-state index is 12.9. The Hall–Kier alpha value is -2.24. The van der Waals surface area contributed by atoms with Gasteiger partial charge in [-0.2, -0.15) is 0 Å². The number of hydrogen-bond donors (Lipinski definition) is 0. The fourth-order valence-corrected chi connectivity index (χ4v) is 3.38. The first-order valence-electron chi connectivity index (χ1n) is 9.20. The van der Waals surface area contributed by atoms with Crippen LogP contribution in [-0.2, 0) is 14.3 Å². The Morgan fingerprint density at radius 1 is 1.12 bits per heavy atom. The summed E-state index contributed by atoms with van der Waals surface area (Å²) in [6, 6.07) is 7.40. The van der Waals surface area contributed by atoms with Crippen LogP contribution in [0.3, 0.4) is 0 Å². The van der Waals surface area contributed by atoms with E-state index in [1.165, 1.54) is 13.5 Å². The summed E-state index contributed by atoms with van der Waals surface area (Å²) in [5, 5.41) is 0. The maximum Gasteiger partial charge on any atom is 0.310 e. The van der Waals surface area contributed by atoms with E-state index < -0.39 is 0 Å². The zero-order chi connectivity index (χ0) is 18.9. The second kappa shape index (κ2) is 10.0. The highest BCUT2D eigenvalue weighted by molar-refractivity contribution is 5.79. The zero-order valence-electron chi connectivity index (χ0n) is 15.9. The quantitative estimate of drug-likeness (QED) is 0.664. The van der Waals surface area contributed by atoms with E-state index in [0.29, 0.717) is 18.0 Å². The van der Waals surface area contributed by atoms with E-state index in [1.807, 2.05) is 12.1 Å². The van der Waals surface area contributed by atoms with Crippen LogP contribution < -0.4 is 9.47 Å². The molecule has 6 nitrogen and oxygen atoms in total. The topological polar surface area (TPSA) is 65.1 Å². The smallest absolute Gasteiger partial charge is 0.310 e. The van der Waals surface area contributed by atoms with Crippen LogP contribution in [0.2, 0.25) is 0 Å². The highest BCUT2D eigenvalue weighted by Gasteiger charge is 2.29. The van der Waals surface area contributed by atoms with Gasteiger partial charge in [-0.3, -0.25) is 9.59 Å². The van der Waals surface area contributed by atoms with Gasteiger partial charge in [0.05, 0.1) is 20.1 Å². The Bertz CT molecular complexity index is 598. The molecule has 1 aromatic carbocycles. The van der Waals surface area contributed by atoms with Gasteiger partial charge in [-0.25, -0.2) is 0 Å². The maximum atomic E-state index is 12.9. The molecule has 1 atom stereocenters. The number of carbonyl (C=O) groups is 2. The lowest BCUT2D eigenvalue weighted by molar-refractivity contribution is -0.147. The first-order chi connectivity index (χ1) is 12.6. The minimum Gasteiger partial charge on any atom is -0.493 e. The van der Waals surface area contributed by atoms with Crippen molar-refractivity contribution < 1.29 is 23.8 Å². The Morgan fingerprint density at radius 2 is 1.77 bits per heavy atom. The summed E-state index contributed by atoms with van der Waals surface area (Å²) in [6.07, 6.45) is 5.34. The Morgan fingerprint density at radius 3 is 2.38 bits per heavy atom. The van der Waals surface area contributed by atoms with Gasteiger partial charge in [0.1, 0.15) is 0 Å². The van der Waals surface area contributed by atoms with Crippen LogP contribution in [0.1, 0.15) is 39.0 Å². The van der Waals surface area contributed by atoms with Gasteiger partial charge in [0, 0.05) is 12.6 Å². The lowest BCUT2D eigenvalue weighted by atomic mass is 9.93. The van der Waals surface area contributed by atoms with E-state index >= 15 is 0 Å². The van der Waals surface area contributed by atoms with Crippen molar-refractivity contribution >= 4 is 11.9 Å². The lowest BCUT2D eigenvalue weighted by Crippen LogP contribution is -2.47. The average molecular weight is 363 g/mol. The van der Waals surface area contributed by atoms with E-state index in [0.717, 1.165) is 25.7 Å². The predicted octanol–water partition coefficient (Wildman–Crippen LogP) is 3.04. The minimum atomic E-state index is -0.364. The van der Waals surface area contributed by atoms with Gasteiger partial charge in [-0.05, 0) is 25.0 Å². The van der Waals surface area contributed by atoms with Crippen molar-refractivity contribution in [3.63, 3.8) is 0 Å². The molecule has 144 valence electrons. The second-order valence-electron chi connectivity index (χ2n) is 6.70. The molecule has 0 bridgehead atoms. The summed E-state index contributed by atoms with van der Waals surface area (Å²) in [5.74, 6) is 0.348. The van der Waals surface area contributed by atoms with Crippen LogP contribution >= 0.6 is 0 Å². The van der Waals surface area contributed by atoms with Gasteiger partial charge >= 0.3 is 5.97 Å². The van der Waals surface area contributed by atoms with E-state index in [1.54, 1.807) is 31.1 Å². The van der Waals surface area contributed by atoms with E-state index in [9.17, 15) is 9.59 Å². The van der Waals surface area contributed by atoms with Crippen molar-refractivity contribution in [2.75, 3.05) is 27.4 Å². The van der Waals surface area contributed by atoms with Crippen LogP contribution in [0.25, 0.3) is 0 Å². The van der Waals surface area contributed by atoms with Crippen LogP contribution in [0.4, 0.5) is 0 Å². The number of rotatable bonds is 8. The summed E-state index contributed by atoms with van der Waals surface area (Å²) in [7, 11) is 2.94. The van der Waals surface area contributed by atoms with Gasteiger partial charge in [0.2, 0.25) is 0 Å². The molecule has 1 saturated carbocycles. The molecule has 0 heterocycles. The molecule has 0 saturated heterocycles. The van der Waals surface area contributed by atoms with E-state index in [-0.39, 0.29) is 30.4 Å². The number of para-hydroxylation sites is 2. The molecule has 0 aliphatic heterocycles. The molecule has 1 unspecified atom stereocenters. The summed E-state index contributed by atoms with van der Waals surface area (Å²) < 4.78 is 15.8. The van der Waals surface area contributed by atoms with Crippen molar-refractivity contribution in [3.8, 4) is 11.5 Å². The number of ether oxygens (including phenoxy) is 3. The fourth-order valence-electron chi connectivity index (χ4n) is 3.38. The van der Waals surface area contributed by atoms with Crippen molar-refractivity contribution in [1.29, 1.82) is 0 Å². The molecular formula is C20H29NO5. The molecule has 1 fully saturated rings. The van der Waals surface area contributed by atoms with Crippen LogP contribution in [0.15, 0.2) is 24.3 Å². The summed E-state index contributed by atoms with van der Waals surface area (Å²) in [4.78, 5) is 26.5. The normalized spacial score (nSPS) is 15.8. The Labute approximate surface area is 155 Å². The van der Waals surface area contributed by atoms with Gasteiger partial charge in [-0.15, -0.1) is 0 Å². The number of methoxy groups -OCH3 is 2. The van der Waals surface area contributed by atoms with Crippen molar-refractivity contribution in [2.24, 2.45) is 5.92 Å². The molecule has 0 N–H and O–H groups in total.